The number of thiophene rings is 1. The van der Waals surface area contributed by atoms with Gasteiger partial charge in [0.1, 0.15) is 0 Å². The van der Waals surface area contributed by atoms with Crippen LogP contribution >= 0.6 is 11.3 Å². The Morgan fingerprint density at radius 2 is 1.75 bits per heavy atom. The number of amides is 2. The molecule has 2 amide bonds. The minimum absolute atomic E-state index is 0.0325. The van der Waals surface area contributed by atoms with Crippen LogP contribution in [0.1, 0.15) is 13.3 Å². The molecule has 6 heteroatoms. The first-order valence-corrected chi connectivity index (χ1v) is 5.81. The lowest BCUT2D eigenvalue weighted by molar-refractivity contribution is -0.116. The Morgan fingerprint density at radius 1 is 1.19 bits per heavy atom. The molecule has 1 rings (SSSR count). The maximum Gasteiger partial charge on any atom is 0.238 e. The van der Waals surface area contributed by atoms with Gasteiger partial charge in [0, 0.05) is 6.42 Å². The molecule has 0 aliphatic rings. The van der Waals surface area contributed by atoms with E-state index in [1.165, 1.54) is 11.3 Å². The van der Waals surface area contributed by atoms with E-state index in [0.717, 1.165) is 10.0 Å². The number of likely N-dealkylation sites (N-methyl/N-ethyl adjacent to an activating group) is 1. The fraction of sp³-hybridized carbons (Fsp3) is 0.400. The van der Waals surface area contributed by atoms with Gasteiger partial charge in [0.15, 0.2) is 0 Å². The van der Waals surface area contributed by atoms with Crippen LogP contribution in [0, 0.1) is 0 Å². The average Bonchev–Trinajstić information content (AvgIpc) is 2.65. The molecule has 0 aliphatic carbocycles. The summed E-state index contributed by atoms with van der Waals surface area (Å²) < 4.78 is 0. The zero-order chi connectivity index (χ0) is 12.0. The third-order valence-electron chi connectivity index (χ3n) is 1.79. The van der Waals surface area contributed by atoms with Gasteiger partial charge in [-0.1, -0.05) is 6.92 Å². The minimum Gasteiger partial charge on any atom is -0.318 e. The highest BCUT2D eigenvalue weighted by atomic mass is 32.1. The molecule has 5 nitrogen and oxygen atoms in total. The maximum atomic E-state index is 11.2. The van der Waals surface area contributed by atoms with Crippen molar-refractivity contribution in [1.29, 1.82) is 0 Å². The minimum atomic E-state index is -0.0993. The molecule has 0 unspecified atom stereocenters. The van der Waals surface area contributed by atoms with Crippen LogP contribution in [0.4, 0.5) is 10.0 Å². The molecule has 16 heavy (non-hydrogen) atoms. The van der Waals surface area contributed by atoms with Crippen LogP contribution < -0.4 is 16.0 Å². The number of anilines is 2. The Bertz CT molecular complexity index is 376. The summed E-state index contributed by atoms with van der Waals surface area (Å²) in [5.41, 5.74) is 0. The van der Waals surface area contributed by atoms with E-state index < -0.39 is 0 Å². The van der Waals surface area contributed by atoms with Gasteiger partial charge in [-0.25, -0.2) is 0 Å². The van der Waals surface area contributed by atoms with Crippen molar-refractivity contribution < 1.29 is 9.59 Å². The largest absolute Gasteiger partial charge is 0.318 e. The second kappa shape index (κ2) is 6.24. The molecular formula is C10H15N3O2S. The average molecular weight is 241 g/mol. The van der Waals surface area contributed by atoms with Gasteiger partial charge in [-0.05, 0) is 19.2 Å². The van der Waals surface area contributed by atoms with E-state index >= 15 is 0 Å². The van der Waals surface area contributed by atoms with Crippen LogP contribution in [0.25, 0.3) is 0 Å². The summed E-state index contributed by atoms with van der Waals surface area (Å²) in [6.07, 6.45) is 0.444. The molecule has 1 heterocycles. The molecule has 0 spiro atoms. The first kappa shape index (κ1) is 12.7. The molecule has 1 aromatic rings. The molecule has 0 aliphatic heterocycles. The molecule has 0 bridgehead atoms. The van der Waals surface area contributed by atoms with E-state index in [4.69, 9.17) is 0 Å². The topological polar surface area (TPSA) is 70.2 Å². The maximum absolute atomic E-state index is 11.2. The lowest BCUT2D eigenvalue weighted by Gasteiger charge is -2.01. The van der Waals surface area contributed by atoms with Crippen LogP contribution in [-0.4, -0.2) is 25.4 Å². The predicted molar refractivity (Wildman–Crippen MR) is 65.8 cm³/mol. The summed E-state index contributed by atoms with van der Waals surface area (Å²) in [7, 11) is 1.71. The Hall–Kier alpha value is -1.40. The van der Waals surface area contributed by atoms with Crippen molar-refractivity contribution in [2.24, 2.45) is 0 Å². The summed E-state index contributed by atoms with van der Waals surface area (Å²) in [5, 5.41) is 9.68. The van der Waals surface area contributed by atoms with E-state index in [9.17, 15) is 9.59 Å². The molecule has 0 aromatic carbocycles. The number of hydrogen-bond donors (Lipinski definition) is 3. The molecule has 0 fully saturated rings. The zero-order valence-electron chi connectivity index (χ0n) is 9.29. The monoisotopic (exact) mass is 241 g/mol. The fourth-order valence-electron chi connectivity index (χ4n) is 1.04. The Labute approximate surface area is 98.2 Å². The fourth-order valence-corrected chi connectivity index (χ4v) is 1.88. The normalized spacial score (nSPS) is 9.88. The highest BCUT2D eigenvalue weighted by molar-refractivity contribution is 7.20. The number of nitrogens with one attached hydrogen (secondary N) is 3. The predicted octanol–water partition coefficient (Wildman–Crippen LogP) is 1.25. The van der Waals surface area contributed by atoms with Gasteiger partial charge in [-0.3, -0.25) is 9.59 Å². The van der Waals surface area contributed by atoms with Crippen LogP contribution in [0.5, 0.6) is 0 Å². The Morgan fingerprint density at radius 3 is 2.25 bits per heavy atom. The highest BCUT2D eigenvalue weighted by Crippen LogP contribution is 2.26. The summed E-state index contributed by atoms with van der Waals surface area (Å²) >= 11 is 1.34. The standard InChI is InChI=1S/C10H15N3O2S/c1-3-7(14)12-9-4-5-10(16-9)13-8(15)6-11-2/h4-5,11H,3,6H2,1-2H3,(H,12,14)(H,13,15). The first-order chi connectivity index (χ1) is 7.65. The quantitative estimate of drug-likeness (QED) is 0.726. The van der Waals surface area contributed by atoms with Crippen molar-refractivity contribution in [1.82, 2.24) is 5.32 Å². The van der Waals surface area contributed by atoms with Crippen molar-refractivity contribution in [3.63, 3.8) is 0 Å². The first-order valence-electron chi connectivity index (χ1n) is 4.99. The smallest absolute Gasteiger partial charge is 0.238 e. The van der Waals surface area contributed by atoms with Gasteiger partial charge in [0.05, 0.1) is 16.5 Å². The lowest BCUT2D eigenvalue weighted by Crippen LogP contribution is -2.24. The molecule has 1 aromatic heterocycles. The molecule has 0 saturated heterocycles. The number of hydrogen-bond acceptors (Lipinski definition) is 4. The zero-order valence-corrected chi connectivity index (χ0v) is 10.1. The van der Waals surface area contributed by atoms with E-state index in [1.54, 1.807) is 26.1 Å². The summed E-state index contributed by atoms with van der Waals surface area (Å²) in [4.78, 5) is 22.4. The van der Waals surface area contributed by atoms with E-state index in [-0.39, 0.29) is 18.4 Å². The second-order valence-corrected chi connectivity index (χ2v) is 4.23. The SMILES string of the molecule is CCC(=O)Nc1ccc(NC(=O)CNC)s1. The molecule has 0 atom stereocenters. The van der Waals surface area contributed by atoms with Crippen molar-refractivity contribution in [3.8, 4) is 0 Å². The third-order valence-corrected chi connectivity index (χ3v) is 2.71. The number of rotatable bonds is 5. The second-order valence-electron chi connectivity index (χ2n) is 3.14. The summed E-state index contributed by atoms with van der Waals surface area (Å²) in [5.74, 6) is -0.132. The molecule has 0 saturated carbocycles. The van der Waals surface area contributed by atoms with Crippen LogP contribution in [0.3, 0.4) is 0 Å². The van der Waals surface area contributed by atoms with Crippen molar-refractivity contribution in [3.05, 3.63) is 12.1 Å². The van der Waals surface area contributed by atoms with E-state index in [2.05, 4.69) is 16.0 Å². The number of carbonyl (C=O) groups is 2. The van der Waals surface area contributed by atoms with Crippen LogP contribution in [0.15, 0.2) is 12.1 Å². The van der Waals surface area contributed by atoms with Crippen LogP contribution in [0.2, 0.25) is 0 Å². The van der Waals surface area contributed by atoms with Crippen molar-refractivity contribution in [2.45, 2.75) is 13.3 Å². The third kappa shape index (κ3) is 4.00. The van der Waals surface area contributed by atoms with E-state index in [1.807, 2.05) is 0 Å². The molecule has 3 N–H and O–H groups in total. The molecular weight excluding hydrogens is 226 g/mol. The highest BCUT2D eigenvalue weighted by Gasteiger charge is 2.05. The Kier molecular flexibility index (Phi) is 4.94. The van der Waals surface area contributed by atoms with Crippen molar-refractivity contribution in [2.75, 3.05) is 24.2 Å². The number of carbonyl (C=O) groups excluding carboxylic acids is 2. The van der Waals surface area contributed by atoms with Crippen molar-refractivity contribution >= 4 is 33.2 Å². The molecule has 0 radical (unpaired) electrons. The van der Waals surface area contributed by atoms with E-state index in [0.29, 0.717) is 6.42 Å². The van der Waals surface area contributed by atoms with Gasteiger partial charge < -0.3 is 16.0 Å². The van der Waals surface area contributed by atoms with Gasteiger partial charge in [0.2, 0.25) is 11.8 Å². The lowest BCUT2D eigenvalue weighted by atomic mass is 10.4. The van der Waals surface area contributed by atoms with Gasteiger partial charge in [-0.2, -0.15) is 0 Å². The molecule has 88 valence electrons. The van der Waals surface area contributed by atoms with Gasteiger partial charge in [0.25, 0.3) is 0 Å². The van der Waals surface area contributed by atoms with Crippen LogP contribution in [-0.2, 0) is 9.59 Å². The van der Waals surface area contributed by atoms with Gasteiger partial charge in [-0.15, -0.1) is 11.3 Å². The summed E-state index contributed by atoms with van der Waals surface area (Å²) in [6.45, 7) is 2.06. The summed E-state index contributed by atoms with van der Waals surface area (Å²) in [6, 6.07) is 3.54. The Balaban J connectivity index is 2.51. The van der Waals surface area contributed by atoms with Gasteiger partial charge >= 0.3 is 0 Å².